The van der Waals surface area contributed by atoms with Gasteiger partial charge in [0.05, 0.1) is 16.4 Å². The topological polar surface area (TPSA) is 65.1 Å². The van der Waals surface area contributed by atoms with Crippen LogP contribution in [-0.4, -0.2) is 29.0 Å². The second-order valence-corrected chi connectivity index (χ2v) is 5.22. The first-order chi connectivity index (χ1) is 9.67. The maximum absolute atomic E-state index is 6.41. The molecule has 20 heavy (non-hydrogen) atoms. The largest absolute Gasteiger partial charge is 0.381 e. The smallest absolute Gasteiger partial charge is 0.0850 e. The van der Waals surface area contributed by atoms with Crippen LogP contribution >= 0.6 is 11.6 Å². The Hall–Kier alpha value is -0.620. The van der Waals surface area contributed by atoms with Gasteiger partial charge in [-0.1, -0.05) is 25.4 Å². The maximum atomic E-state index is 6.41. The molecule has 0 saturated heterocycles. The minimum Gasteiger partial charge on any atom is -0.381 e. The van der Waals surface area contributed by atoms with Crippen molar-refractivity contribution in [1.29, 1.82) is 0 Å². The van der Waals surface area contributed by atoms with Crippen molar-refractivity contribution >= 4 is 11.6 Å². The highest BCUT2D eigenvalue weighted by molar-refractivity contribution is 6.31. The van der Waals surface area contributed by atoms with Crippen molar-refractivity contribution < 1.29 is 4.74 Å². The summed E-state index contributed by atoms with van der Waals surface area (Å²) in [7, 11) is 0. The van der Waals surface area contributed by atoms with Gasteiger partial charge in [-0.15, -0.1) is 0 Å². The van der Waals surface area contributed by atoms with Crippen molar-refractivity contribution in [2.24, 2.45) is 5.84 Å². The summed E-state index contributed by atoms with van der Waals surface area (Å²) in [6.45, 7) is 8.56. The second-order valence-electron chi connectivity index (χ2n) is 4.85. The van der Waals surface area contributed by atoms with E-state index in [0.29, 0.717) is 6.61 Å². The molecule has 0 aromatic carbocycles. The fourth-order valence-corrected chi connectivity index (χ4v) is 2.51. The quantitative estimate of drug-likeness (QED) is 0.395. The zero-order chi connectivity index (χ0) is 15.0. The van der Waals surface area contributed by atoms with E-state index < -0.39 is 0 Å². The lowest BCUT2D eigenvalue weighted by atomic mass is 10.1. The summed E-state index contributed by atoms with van der Waals surface area (Å²) in [5.74, 6) is 5.64. The number of aromatic nitrogens is 2. The number of aryl methyl sites for hydroxylation is 2. The molecule has 0 saturated carbocycles. The average molecular weight is 303 g/mol. The number of rotatable bonds is 10. The molecule has 1 unspecified atom stereocenters. The van der Waals surface area contributed by atoms with Gasteiger partial charge >= 0.3 is 0 Å². The van der Waals surface area contributed by atoms with Crippen LogP contribution in [0, 0.1) is 0 Å². The molecule has 0 radical (unpaired) electrons. The Bertz CT molecular complexity index is 395. The summed E-state index contributed by atoms with van der Waals surface area (Å²) in [5, 5.41) is 5.31. The standard InChI is InChI=1S/C14H27ClN4O/c1-4-8-20-9-7-11(17-16)10-13-14(15)12(5-2)18-19(13)6-3/h11,17H,4-10,16H2,1-3H3. The van der Waals surface area contributed by atoms with Crippen molar-refractivity contribution in [3.63, 3.8) is 0 Å². The van der Waals surface area contributed by atoms with Gasteiger partial charge in [-0.2, -0.15) is 5.10 Å². The van der Waals surface area contributed by atoms with E-state index in [1.165, 1.54) is 0 Å². The van der Waals surface area contributed by atoms with Crippen molar-refractivity contribution in [3.8, 4) is 0 Å². The zero-order valence-electron chi connectivity index (χ0n) is 12.8. The first-order valence-electron chi connectivity index (χ1n) is 7.45. The zero-order valence-corrected chi connectivity index (χ0v) is 13.5. The highest BCUT2D eigenvalue weighted by atomic mass is 35.5. The molecule has 0 amide bonds. The summed E-state index contributed by atoms with van der Waals surface area (Å²) >= 11 is 6.41. The first kappa shape index (κ1) is 17.4. The third-order valence-electron chi connectivity index (χ3n) is 3.33. The predicted molar refractivity (Wildman–Crippen MR) is 82.8 cm³/mol. The number of nitrogens with two attached hydrogens (primary N) is 1. The molecule has 0 fully saturated rings. The first-order valence-corrected chi connectivity index (χ1v) is 7.83. The third-order valence-corrected chi connectivity index (χ3v) is 3.76. The van der Waals surface area contributed by atoms with Gasteiger partial charge in [-0.05, 0) is 26.2 Å². The number of hydrogen-bond acceptors (Lipinski definition) is 4. The van der Waals surface area contributed by atoms with Crippen molar-refractivity contribution in [2.45, 2.75) is 59.0 Å². The van der Waals surface area contributed by atoms with Gasteiger partial charge in [-0.3, -0.25) is 16.0 Å². The van der Waals surface area contributed by atoms with Crippen LogP contribution in [0.25, 0.3) is 0 Å². The van der Waals surface area contributed by atoms with E-state index in [1.54, 1.807) is 0 Å². The van der Waals surface area contributed by atoms with Crippen LogP contribution in [-0.2, 0) is 24.1 Å². The van der Waals surface area contributed by atoms with Crippen molar-refractivity contribution in [3.05, 3.63) is 16.4 Å². The second kappa shape index (κ2) is 9.34. The molecule has 0 bridgehead atoms. The van der Waals surface area contributed by atoms with Crippen LogP contribution in [0.4, 0.5) is 0 Å². The van der Waals surface area contributed by atoms with Crippen LogP contribution in [0.15, 0.2) is 0 Å². The Morgan fingerprint density at radius 3 is 2.65 bits per heavy atom. The van der Waals surface area contributed by atoms with Gasteiger partial charge in [0.2, 0.25) is 0 Å². The Morgan fingerprint density at radius 2 is 2.10 bits per heavy atom. The normalized spacial score (nSPS) is 12.8. The molecular formula is C14H27ClN4O. The monoisotopic (exact) mass is 302 g/mol. The van der Waals surface area contributed by atoms with Crippen LogP contribution in [0.3, 0.4) is 0 Å². The van der Waals surface area contributed by atoms with Crippen LogP contribution in [0.1, 0.15) is 45.0 Å². The molecule has 1 aromatic heterocycles. The Kier molecular flexibility index (Phi) is 8.14. The van der Waals surface area contributed by atoms with E-state index >= 15 is 0 Å². The van der Waals surface area contributed by atoms with Gasteiger partial charge in [0.1, 0.15) is 0 Å². The number of nitrogens with zero attached hydrogens (tertiary/aromatic N) is 2. The molecule has 0 aliphatic carbocycles. The minimum absolute atomic E-state index is 0.149. The maximum Gasteiger partial charge on any atom is 0.0850 e. The SMILES string of the molecule is CCCOCCC(Cc1c(Cl)c(CC)nn1CC)NN. The van der Waals surface area contributed by atoms with E-state index in [4.69, 9.17) is 22.2 Å². The number of ether oxygens (including phenoxy) is 1. The molecule has 3 N–H and O–H groups in total. The minimum atomic E-state index is 0.149. The van der Waals surface area contributed by atoms with E-state index in [0.717, 1.165) is 55.2 Å². The summed E-state index contributed by atoms with van der Waals surface area (Å²) in [6, 6.07) is 0.149. The highest BCUT2D eigenvalue weighted by Crippen LogP contribution is 2.23. The van der Waals surface area contributed by atoms with Crippen molar-refractivity contribution in [1.82, 2.24) is 15.2 Å². The van der Waals surface area contributed by atoms with Gasteiger partial charge in [-0.25, -0.2) is 0 Å². The fraction of sp³-hybridized carbons (Fsp3) is 0.786. The molecule has 5 nitrogen and oxygen atoms in total. The molecule has 0 spiro atoms. The van der Waals surface area contributed by atoms with Gasteiger partial charge in [0.15, 0.2) is 0 Å². The van der Waals surface area contributed by atoms with Crippen LogP contribution in [0.2, 0.25) is 5.02 Å². The summed E-state index contributed by atoms with van der Waals surface area (Å²) in [4.78, 5) is 0. The lowest BCUT2D eigenvalue weighted by molar-refractivity contribution is 0.124. The van der Waals surface area contributed by atoms with E-state index in [2.05, 4.69) is 31.3 Å². The molecule has 0 aliphatic rings. The molecule has 0 aliphatic heterocycles. The summed E-state index contributed by atoms with van der Waals surface area (Å²) in [5.41, 5.74) is 4.87. The number of nitrogens with one attached hydrogen (secondary N) is 1. The molecule has 1 heterocycles. The molecule has 1 atom stereocenters. The lowest BCUT2D eigenvalue weighted by Gasteiger charge is -2.16. The van der Waals surface area contributed by atoms with Crippen molar-refractivity contribution in [2.75, 3.05) is 13.2 Å². The predicted octanol–water partition coefficient (Wildman–Crippen LogP) is 2.31. The number of hydrogen-bond donors (Lipinski definition) is 2. The Labute approximate surface area is 126 Å². The third kappa shape index (κ3) is 4.74. The number of hydrazine groups is 1. The van der Waals surface area contributed by atoms with E-state index in [1.807, 2.05) is 4.68 Å². The summed E-state index contributed by atoms with van der Waals surface area (Å²) in [6.07, 6.45) is 3.52. The van der Waals surface area contributed by atoms with Gasteiger partial charge in [0, 0.05) is 32.2 Å². The van der Waals surface area contributed by atoms with Gasteiger partial charge < -0.3 is 4.74 Å². The van der Waals surface area contributed by atoms with Crippen LogP contribution < -0.4 is 11.3 Å². The molecular weight excluding hydrogens is 276 g/mol. The van der Waals surface area contributed by atoms with E-state index in [9.17, 15) is 0 Å². The fourth-order valence-electron chi connectivity index (χ4n) is 2.16. The molecule has 1 aromatic rings. The molecule has 1 rings (SSSR count). The molecule has 116 valence electrons. The Morgan fingerprint density at radius 1 is 1.35 bits per heavy atom. The van der Waals surface area contributed by atoms with E-state index in [-0.39, 0.29) is 6.04 Å². The average Bonchev–Trinajstić information content (AvgIpc) is 2.78. The molecule has 6 heteroatoms. The van der Waals surface area contributed by atoms with Gasteiger partial charge in [0.25, 0.3) is 0 Å². The number of halogens is 1. The van der Waals surface area contributed by atoms with Crippen LogP contribution in [0.5, 0.6) is 0 Å². The lowest BCUT2D eigenvalue weighted by Crippen LogP contribution is -2.38. The highest BCUT2D eigenvalue weighted by Gasteiger charge is 2.18. The summed E-state index contributed by atoms with van der Waals surface area (Å²) < 4.78 is 7.49. The Balaban J connectivity index is 2.66.